The molecule has 90 valence electrons. The molecule has 0 bridgehead atoms. The van der Waals surface area contributed by atoms with Gasteiger partial charge in [0.2, 0.25) is 0 Å². The van der Waals surface area contributed by atoms with E-state index in [0.717, 1.165) is 0 Å². The van der Waals surface area contributed by atoms with Crippen LogP contribution in [-0.2, 0) is 9.47 Å². The van der Waals surface area contributed by atoms with Gasteiger partial charge in [-0.15, -0.1) is 0 Å². The normalized spacial score (nSPS) is 13.4. The molecule has 0 rings (SSSR count). The van der Waals surface area contributed by atoms with Crippen molar-refractivity contribution in [3.05, 3.63) is 0 Å². The summed E-state index contributed by atoms with van der Waals surface area (Å²) in [6.07, 6.45) is -0.481. The van der Waals surface area contributed by atoms with Crippen LogP contribution < -0.4 is 10.9 Å². The highest BCUT2D eigenvalue weighted by atomic mass is 16.6. The van der Waals surface area contributed by atoms with Crippen molar-refractivity contribution in [1.29, 1.82) is 0 Å². The van der Waals surface area contributed by atoms with Gasteiger partial charge in [0.15, 0.2) is 0 Å². The largest absolute Gasteiger partial charge is 0.443 e. The zero-order valence-electron chi connectivity index (χ0n) is 10.2. The van der Waals surface area contributed by atoms with E-state index in [9.17, 15) is 4.79 Å². The average molecular weight is 218 g/mol. The topological polar surface area (TPSA) is 59.6 Å². The number of hydrogen-bond acceptors (Lipinski definition) is 4. The van der Waals surface area contributed by atoms with Gasteiger partial charge in [-0.3, -0.25) is 5.43 Å². The highest BCUT2D eigenvalue weighted by Gasteiger charge is 2.16. The van der Waals surface area contributed by atoms with E-state index in [4.69, 9.17) is 9.47 Å². The number of rotatable bonds is 5. The lowest BCUT2D eigenvalue weighted by atomic mass is 10.2. The minimum absolute atomic E-state index is 0.0532. The number of carbonyl (C=O) groups excluding carboxylic acids is 1. The maximum absolute atomic E-state index is 11.2. The maximum atomic E-state index is 11.2. The average Bonchev–Trinajstić information content (AvgIpc) is 2.08. The third kappa shape index (κ3) is 9.49. The first-order valence-electron chi connectivity index (χ1n) is 5.17. The van der Waals surface area contributed by atoms with Crippen molar-refractivity contribution < 1.29 is 14.3 Å². The smallest absolute Gasteiger partial charge is 0.422 e. The number of carbonyl (C=O) groups is 1. The van der Waals surface area contributed by atoms with Crippen LogP contribution in [0.1, 0.15) is 34.6 Å². The second-order valence-corrected chi connectivity index (χ2v) is 4.33. The van der Waals surface area contributed by atoms with E-state index in [-0.39, 0.29) is 6.04 Å². The van der Waals surface area contributed by atoms with Gasteiger partial charge in [-0.25, -0.2) is 10.2 Å². The van der Waals surface area contributed by atoms with Crippen LogP contribution in [-0.4, -0.2) is 30.9 Å². The lowest BCUT2D eigenvalue weighted by Gasteiger charge is -2.21. The van der Waals surface area contributed by atoms with Gasteiger partial charge >= 0.3 is 6.09 Å². The third-order valence-corrected chi connectivity index (χ3v) is 1.39. The number of amides is 1. The van der Waals surface area contributed by atoms with Crippen molar-refractivity contribution in [3.63, 3.8) is 0 Å². The van der Waals surface area contributed by atoms with Crippen LogP contribution in [0.15, 0.2) is 0 Å². The monoisotopic (exact) mass is 218 g/mol. The zero-order valence-corrected chi connectivity index (χ0v) is 10.2. The summed E-state index contributed by atoms with van der Waals surface area (Å²) in [6.45, 7) is 10.5. The summed E-state index contributed by atoms with van der Waals surface area (Å²) in [4.78, 5) is 11.2. The Hall–Kier alpha value is -0.810. The van der Waals surface area contributed by atoms with Gasteiger partial charge < -0.3 is 9.47 Å². The summed E-state index contributed by atoms with van der Waals surface area (Å²) in [6, 6.07) is 0.0532. The number of nitrogens with one attached hydrogen (secondary N) is 2. The van der Waals surface area contributed by atoms with Crippen molar-refractivity contribution >= 4 is 6.09 Å². The number of hydrazine groups is 1. The second kappa shape index (κ2) is 6.63. The molecule has 5 heteroatoms. The van der Waals surface area contributed by atoms with E-state index in [1.54, 1.807) is 0 Å². The van der Waals surface area contributed by atoms with Crippen molar-refractivity contribution in [2.24, 2.45) is 0 Å². The fraction of sp³-hybridized carbons (Fsp3) is 0.900. The molecule has 0 fully saturated rings. The quantitative estimate of drug-likeness (QED) is 0.685. The van der Waals surface area contributed by atoms with Crippen LogP contribution in [0, 0.1) is 0 Å². The molecule has 0 aliphatic rings. The number of ether oxygens (including phenoxy) is 2. The molecule has 0 aliphatic heterocycles. The van der Waals surface area contributed by atoms with Crippen LogP contribution in [0.25, 0.3) is 0 Å². The minimum atomic E-state index is -0.481. The van der Waals surface area contributed by atoms with Crippen LogP contribution in [0.4, 0.5) is 4.79 Å². The molecule has 0 radical (unpaired) electrons. The van der Waals surface area contributed by atoms with Crippen molar-refractivity contribution in [1.82, 2.24) is 10.9 Å². The lowest BCUT2D eigenvalue weighted by Crippen LogP contribution is -2.46. The summed E-state index contributed by atoms with van der Waals surface area (Å²) in [5.41, 5.74) is 4.77. The summed E-state index contributed by atoms with van der Waals surface area (Å²) in [5.74, 6) is 0. The van der Waals surface area contributed by atoms with Crippen LogP contribution in [0.2, 0.25) is 0 Å². The molecule has 15 heavy (non-hydrogen) atoms. The van der Waals surface area contributed by atoms with E-state index < -0.39 is 11.7 Å². The summed E-state index contributed by atoms with van der Waals surface area (Å²) in [5, 5.41) is 0. The molecule has 0 aliphatic carbocycles. The molecular weight excluding hydrogens is 196 g/mol. The summed E-state index contributed by atoms with van der Waals surface area (Å²) >= 11 is 0. The molecule has 1 unspecified atom stereocenters. The van der Waals surface area contributed by atoms with Gasteiger partial charge in [0.1, 0.15) is 5.60 Å². The lowest BCUT2D eigenvalue weighted by molar-refractivity contribution is 0.0467. The Balaban J connectivity index is 3.62. The Bertz CT molecular complexity index is 190. The van der Waals surface area contributed by atoms with Gasteiger partial charge in [0.25, 0.3) is 0 Å². The SMILES string of the molecule is CCOCC(C)NNC(=O)OC(C)(C)C. The molecule has 0 heterocycles. The highest BCUT2D eigenvalue weighted by Crippen LogP contribution is 2.05. The molecular formula is C10H22N2O3. The third-order valence-electron chi connectivity index (χ3n) is 1.39. The number of hydrogen-bond donors (Lipinski definition) is 2. The molecule has 0 saturated heterocycles. The predicted molar refractivity (Wildman–Crippen MR) is 58.5 cm³/mol. The van der Waals surface area contributed by atoms with Gasteiger partial charge in [-0.1, -0.05) is 0 Å². The van der Waals surface area contributed by atoms with Gasteiger partial charge in [-0.2, -0.15) is 0 Å². The molecule has 0 aromatic heterocycles. The first-order chi connectivity index (χ1) is 6.85. The molecule has 0 saturated carbocycles. The van der Waals surface area contributed by atoms with E-state index in [1.165, 1.54) is 0 Å². The predicted octanol–water partition coefficient (Wildman–Crippen LogP) is 1.44. The maximum Gasteiger partial charge on any atom is 0.422 e. The van der Waals surface area contributed by atoms with E-state index in [1.807, 2.05) is 34.6 Å². The minimum Gasteiger partial charge on any atom is -0.443 e. The molecule has 0 spiro atoms. The molecule has 0 aromatic rings. The molecule has 2 N–H and O–H groups in total. The molecule has 1 amide bonds. The van der Waals surface area contributed by atoms with Crippen molar-refractivity contribution in [2.75, 3.05) is 13.2 Å². The summed E-state index contributed by atoms with van der Waals surface area (Å²) < 4.78 is 10.2. The zero-order chi connectivity index (χ0) is 11.9. The van der Waals surface area contributed by atoms with Crippen molar-refractivity contribution in [2.45, 2.75) is 46.3 Å². The fourth-order valence-corrected chi connectivity index (χ4v) is 0.822. The fourth-order valence-electron chi connectivity index (χ4n) is 0.822. The van der Waals surface area contributed by atoms with E-state index in [2.05, 4.69) is 10.9 Å². The van der Waals surface area contributed by atoms with Gasteiger partial charge in [-0.05, 0) is 34.6 Å². The Morgan fingerprint density at radius 3 is 2.47 bits per heavy atom. The standard InChI is InChI=1S/C10H22N2O3/c1-6-14-7-8(2)11-12-9(13)15-10(3,4)5/h8,11H,6-7H2,1-5H3,(H,12,13). The van der Waals surface area contributed by atoms with E-state index >= 15 is 0 Å². The Kier molecular flexibility index (Phi) is 6.27. The first kappa shape index (κ1) is 14.2. The molecule has 0 aromatic carbocycles. The van der Waals surface area contributed by atoms with Crippen LogP contribution in [0.5, 0.6) is 0 Å². The van der Waals surface area contributed by atoms with Crippen LogP contribution in [0.3, 0.4) is 0 Å². The van der Waals surface area contributed by atoms with Gasteiger partial charge in [0, 0.05) is 12.6 Å². The second-order valence-electron chi connectivity index (χ2n) is 4.33. The molecule has 5 nitrogen and oxygen atoms in total. The van der Waals surface area contributed by atoms with Crippen LogP contribution >= 0.6 is 0 Å². The Morgan fingerprint density at radius 2 is 2.00 bits per heavy atom. The van der Waals surface area contributed by atoms with Crippen molar-refractivity contribution in [3.8, 4) is 0 Å². The van der Waals surface area contributed by atoms with E-state index in [0.29, 0.717) is 13.2 Å². The Morgan fingerprint density at radius 1 is 1.40 bits per heavy atom. The first-order valence-corrected chi connectivity index (χ1v) is 5.17. The van der Waals surface area contributed by atoms with Gasteiger partial charge in [0.05, 0.1) is 6.61 Å². The molecule has 1 atom stereocenters. The Labute approximate surface area is 91.5 Å². The highest BCUT2D eigenvalue weighted by molar-refractivity contribution is 5.66. The summed E-state index contributed by atoms with van der Waals surface area (Å²) in [7, 11) is 0.